The van der Waals surface area contributed by atoms with Gasteiger partial charge in [-0.25, -0.2) is 14.6 Å². The highest BCUT2D eigenvalue weighted by molar-refractivity contribution is 8.18. The number of esters is 1. The van der Waals surface area contributed by atoms with Gasteiger partial charge in [0.1, 0.15) is 12.4 Å². The summed E-state index contributed by atoms with van der Waals surface area (Å²) in [5, 5.41) is 9.55. The van der Waals surface area contributed by atoms with Crippen molar-refractivity contribution < 1.29 is 29.0 Å². The molecule has 0 spiro atoms. The molecule has 1 heterocycles. The summed E-state index contributed by atoms with van der Waals surface area (Å²) in [6.45, 7) is 0.245. The molecule has 1 fully saturated rings. The van der Waals surface area contributed by atoms with E-state index in [0.29, 0.717) is 27.1 Å². The van der Waals surface area contributed by atoms with Gasteiger partial charge in [-0.1, -0.05) is 30.3 Å². The highest BCUT2D eigenvalue weighted by Crippen LogP contribution is 2.35. The number of aliphatic imine (C=N–C) groups is 1. The van der Waals surface area contributed by atoms with Crippen molar-refractivity contribution in [3.05, 3.63) is 100.0 Å². The van der Waals surface area contributed by atoms with Crippen molar-refractivity contribution in [1.82, 2.24) is 4.90 Å². The fourth-order valence-corrected chi connectivity index (χ4v) is 4.31. The first-order chi connectivity index (χ1) is 17.4. The lowest BCUT2D eigenvalue weighted by atomic mass is 10.1. The standard InChI is InChI=1S/C27H22N2O6S/c1-29-24(30)23(36-27(29)28-21-13-11-19(12-14-21)26(33)34-2)15-20-5-3-4-6-22(20)35-16-17-7-9-18(10-8-17)25(31)32/h3-15H,16H2,1-2H3,(H,31,32). The van der Waals surface area contributed by atoms with Gasteiger partial charge < -0.3 is 14.6 Å². The van der Waals surface area contributed by atoms with Gasteiger partial charge in [-0.05, 0) is 65.9 Å². The zero-order valence-electron chi connectivity index (χ0n) is 19.5. The van der Waals surface area contributed by atoms with Gasteiger partial charge in [0, 0.05) is 12.6 Å². The second kappa shape index (κ2) is 10.9. The van der Waals surface area contributed by atoms with E-state index in [1.165, 1.54) is 35.9 Å². The second-order valence-electron chi connectivity index (χ2n) is 7.74. The third kappa shape index (κ3) is 5.64. The highest BCUT2D eigenvalue weighted by Gasteiger charge is 2.30. The van der Waals surface area contributed by atoms with Crippen molar-refractivity contribution in [1.29, 1.82) is 0 Å². The van der Waals surface area contributed by atoms with Crippen molar-refractivity contribution in [2.75, 3.05) is 14.2 Å². The van der Waals surface area contributed by atoms with E-state index < -0.39 is 11.9 Å². The van der Waals surface area contributed by atoms with E-state index in [9.17, 15) is 14.4 Å². The molecular formula is C27H22N2O6S. The van der Waals surface area contributed by atoms with Crippen molar-refractivity contribution in [2.45, 2.75) is 6.61 Å². The van der Waals surface area contributed by atoms with Crippen LogP contribution in [-0.2, 0) is 16.1 Å². The number of carbonyl (C=O) groups excluding carboxylic acids is 2. The maximum Gasteiger partial charge on any atom is 0.337 e. The molecule has 0 radical (unpaired) electrons. The number of nitrogens with zero attached hydrogens (tertiary/aromatic N) is 2. The summed E-state index contributed by atoms with van der Waals surface area (Å²) in [7, 11) is 2.98. The number of carbonyl (C=O) groups is 3. The molecule has 3 aromatic carbocycles. The zero-order chi connectivity index (χ0) is 25.7. The van der Waals surface area contributed by atoms with Crippen LogP contribution in [0, 0.1) is 0 Å². The third-order valence-electron chi connectivity index (χ3n) is 5.32. The van der Waals surface area contributed by atoms with Crippen molar-refractivity contribution in [3.63, 3.8) is 0 Å². The Hall–Kier alpha value is -4.37. The smallest absolute Gasteiger partial charge is 0.337 e. The number of carboxylic acids is 1. The molecule has 1 saturated heterocycles. The monoisotopic (exact) mass is 502 g/mol. The first-order valence-electron chi connectivity index (χ1n) is 10.8. The molecular weight excluding hydrogens is 480 g/mol. The van der Waals surface area contributed by atoms with Crippen LogP contribution in [0.5, 0.6) is 5.75 Å². The van der Waals surface area contributed by atoms with E-state index in [1.807, 2.05) is 24.3 Å². The van der Waals surface area contributed by atoms with Gasteiger partial charge in [0.05, 0.1) is 28.8 Å². The minimum atomic E-state index is -0.982. The van der Waals surface area contributed by atoms with Crippen LogP contribution >= 0.6 is 11.8 Å². The quantitative estimate of drug-likeness (QED) is 0.359. The van der Waals surface area contributed by atoms with E-state index in [0.717, 1.165) is 11.1 Å². The largest absolute Gasteiger partial charge is 0.488 e. The number of hydrogen-bond donors (Lipinski definition) is 1. The van der Waals surface area contributed by atoms with Crippen molar-refractivity contribution in [2.24, 2.45) is 4.99 Å². The molecule has 9 heteroatoms. The van der Waals surface area contributed by atoms with Gasteiger partial charge in [-0.3, -0.25) is 9.69 Å². The summed E-state index contributed by atoms with van der Waals surface area (Å²) in [5.74, 6) is -1.01. The zero-order valence-corrected chi connectivity index (χ0v) is 20.3. The van der Waals surface area contributed by atoms with Gasteiger partial charge >= 0.3 is 11.9 Å². The maximum absolute atomic E-state index is 12.9. The van der Waals surface area contributed by atoms with E-state index in [1.54, 1.807) is 49.5 Å². The van der Waals surface area contributed by atoms with Crippen LogP contribution in [-0.4, -0.2) is 47.2 Å². The summed E-state index contributed by atoms with van der Waals surface area (Å²) < 4.78 is 10.7. The number of benzene rings is 3. The Kier molecular flexibility index (Phi) is 7.50. The molecule has 0 bridgehead atoms. The first kappa shape index (κ1) is 24.7. The fourth-order valence-electron chi connectivity index (χ4n) is 3.33. The average Bonchev–Trinajstić information content (AvgIpc) is 3.16. The number of amidine groups is 1. The molecule has 182 valence electrons. The number of amides is 1. The fraction of sp³-hybridized carbons (Fsp3) is 0.111. The maximum atomic E-state index is 12.9. The predicted octanol–water partition coefficient (Wildman–Crippen LogP) is 4.98. The molecule has 0 aliphatic carbocycles. The Bertz CT molecular complexity index is 1360. The van der Waals surface area contributed by atoms with Crippen LogP contribution in [0.15, 0.2) is 82.7 Å². The SMILES string of the molecule is COC(=O)c1ccc(N=C2SC(=Cc3ccccc3OCc3ccc(C(=O)O)cc3)C(=O)N2C)cc1. The molecule has 8 nitrogen and oxygen atoms in total. The van der Waals surface area contributed by atoms with Gasteiger partial charge in [-0.2, -0.15) is 0 Å². The molecule has 3 aromatic rings. The van der Waals surface area contributed by atoms with E-state index in [4.69, 9.17) is 14.6 Å². The molecule has 0 aromatic heterocycles. The lowest BCUT2D eigenvalue weighted by Gasteiger charge is -2.10. The normalized spacial score (nSPS) is 15.4. The molecule has 1 N–H and O–H groups in total. The number of likely N-dealkylation sites (N-methyl/N-ethyl adjacent to an activating group) is 1. The predicted molar refractivity (Wildman–Crippen MR) is 137 cm³/mol. The number of methoxy groups -OCH3 is 1. The summed E-state index contributed by atoms with van der Waals surface area (Å²) in [6, 6.07) is 20.4. The van der Waals surface area contributed by atoms with Gasteiger partial charge in [-0.15, -0.1) is 0 Å². The molecule has 0 saturated carbocycles. The molecule has 1 amide bonds. The number of carboxylic acid groups (broad SMARTS) is 1. The lowest BCUT2D eigenvalue weighted by molar-refractivity contribution is -0.121. The highest BCUT2D eigenvalue weighted by atomic mass is 32.2. The number of rotatable bonds is 7. The topological polar surface area (TPSA) is 106 Å². The number of ether oxygens (including phenoxy) is 2. The lowest BCUT2D eigenvalue weighted by Crippen LogP contribution is -2.23. The molecule has 4 rings (SSSR count). The number of hydrogen-bond acceptors (Lipinski definition) is 7. The average molecular weight is 503 g/mol. The minimum absolute atomic E-state index is 0.191. The first-order valence-corrected chi connectivity index (χ1v) is 11.7. The van der Waals surface area contributed by atoms with E-state index in [2.05, 4.69) is 4.99 Å². The van der Waals surface area contributed by atoms with E-state index >= 15 is 0 Å². The minimum Gasteiger partial charge on any atom is -0.488 e. The molecule has 1 aliphatic heterocycles. The third-order valence-corrected chi connectivity index (χ3v) is 6.38. The van der Waals surface area contributed by atoms with Crippen LogP contribution in [0.3, 0.4) is 0 Å². The van der Waals surface area contributed by atoms with Crippen molar-refractivity contribution >= 4 is 46.5 Å². The summed E-state index contributed by atoms with van der Waals surface area (Å²) in [4.78, 5) is 42.0. The van der Waals surface area contributed by atoms with Crippen LogP contribution in [0.4, 0.5) is 5.69 Å². The molecule has 0 atom stereocenters. The van der Waals surface area contributed by atoms with Crippen LogP contribution in [0.2, 0.25) is 0 Å². The van der Waals surface area contributed by atoms with Gasteiger partial charge in [0.2, 0.25) is 0 Å². The Morgan fingerprint density at radius 3 is 2.33 bits per heavy atom. The Morgan fingerprint density at radius 1 is 1.00 bits per heavy atom. The summed E-state index contributed by atoms with van der Waals surface area (Å²) in [6.07, 6.45) is 1.76. The Balaban J connectivity index is 1.51. The molecule has 36 heavy (non-hydrogen) atoms. The second-order valence-corrected chi connectivity index (χ2v) is 8.75. The number of para-hydroxylation sites is 1. The van der Waals surface area contributed by atoms with E-state index in [-0.39, 0.29) is 18.1 Å². The number of aromatic carboxylic acids is 1. The van der Waals surface area contributed by atoms with Gasteiger partial charge in [0.25, 0.3) is 5.91 Å². The Morgan fingerprint density at radius 2 is 1.67 bits per heavy atom. The van der Waals surface area contributed by atoms with Crippen LogP contribution in [0.25, 0.3) is 6.08 Å². The molecule has 1 aliphatic rings. The number of thioether (sulfide) groups is 1. The van der Waals surface area contributed by atoms with Gasteiger partial charge in [0.15, 0.2) is 5.17 Å². The molecule has 0 unspecified atom stereocenters. The van der Waals surface area contributed by atoms with Crippen LogP contribution < -0.4 is 4.74 Å². The summed E-state index contributed by atoms with van der Waals surface area (Å²) >= 11 is 1.24. The van der Waals surface area contributed by atoms with Crippen LogP contribution in [0.1, 0.15) is 31.8 Å². The van der Waals surface area contributed by atoms with Crippen molar-refractivity contribution in [3.8, 4) is 5.75 Å². The summed E-state index contributed by atoms with van der Waals surface area (Å²) in [5.41, 5.74) is 2.78. The Labute approximate surface area is 211 Å².